The molecule has 0 aliphatic carbocycles. The van der Waals surface area contributed by atoms with E-state index in [-0.39, 0.29) is 5.91 Å². The highest BCUT2D eigenvalue weighted by atomic mass is 16.5. The number of rotatable bonds is 4. The van der Waals surface area contributed by atoms with Crippen molar-refractivity contribution in [2.75, 3.05) is 7.11 Å². The molecule has 0 saturated carbocycles. The number of aromatic nitrogens is 1. The van der Waals surface area contributed by atoms with Gasteiger partial charge in [0, 0.05) is 28.5 Å². The zero-order chi connectivity index (χ0) is 19.7. The first-order chi connectivity index (χ1) is 13.6. The zero-order valence-corrected chi connectivity index (χ0v) is 16.2. The predicted octanol–water partition coefficient (Wildman–Crippen LogP) is 4.26. The Morgan fingerprint density at radius 1 is 1.07 bits per heavy atom. The average molecular weight is 374 g/mol. The molecule has 3 aromatic rings. The Bertz CT molecular complexity index is 1000. The Kier molecular flexibility index (Phi) is 4.74. The van der Waals surface area contributed by atoms with E-state index in [4.69, 9.17) is 9.47 Å². The van der Waals surface area contributed by atoms with Gasteiger partial charge in [0.2, 0.25) is 5.91 Å². The molecule has 1 aliphatic heterocycles. The van der Waals surface area contributed by atoms with E-state index in [9.17, 15) is 4.79 Å². The summed E-state index contributed by atoms with van der Waals surface area (Å²) in [5, 5.41) is 3.05. The first-order valence-corrected chi connectivity index (χ1v) is 9.22. The van der Waals surface area contributed by atoms with Gasteiger partial charge in [-0.1, -0.05) is 36.4 Å². The highest BCUT2D eigenvalue weighted by Gasteiger charge is 2.32. The fourth-order valence-corrected chi connectivity index (χ4v) is 3.71. The van der Waals surface area contributed by atoms with Gasteiger partial charge in [-0.05, 0) is 26.0 Å². The van der Waals surface area contributed by atoms with Crippen molar-refractivity contribution in [1.29, 1.82) is 0 Å². The summed E-state index contributed by atoms with van der Waals surface area (Å²) in [4.78, 5) is 17.7. The van der Waals surface area contributed by atoms with Crippen LogP contribution in [0, 0.1) is 13.8 Å². The van der Waals surface area contributed by atoms with Crippen molar-refractivity contribution in [3.8, 4) is 17.2 Å². The minimum atomic E-state index is -0.422. The Balaban J connectivity index is 1.63. The number of carbonyl (C=O) groups excluding carboxylic acids is 1. The summed E-state index contributed by atoms with van der Waals surface area (Å²) in [5.41, 5.74) is 4.44. The summed E-state index contributed by atoms with van der Waals surface area (Å²) < 4.78 is 11.4. The Hall–Kier alpha value is -3.34. The normalized spacial score (nSPS) is 12.5. The van der Waals surface area contributed by atoms with Gasteiger partial charge in [-0.3, -0.25) is 9.78 Å². The molecule has 0 spiro atoms. The Morgan fingerprint density at radius 2 is 1.68 bits per heavy atom. The van der Waals surface area contributed by atoms with Gasteiger partial charge >= 0.3 is 0 Å². The standard InChI is InChI=1S/C23H22N2O3/c1-14-12-24-18(15(2)22(14)27-3)13-25-23(26)21-16-8-4-6-10-19(16)28-20-11-7-5-9-17(20)21/h4-12,21H,13H2,1-3H3,(H,25,26). The number of methoxy groups -OCH3 is 1. The Labute approximate surface area is 164 Å². The van der Waals surface area contributed by atoms with Crippen molar-refractivity contribution in [2.24, 2.45) is 0 Å². The van der Waals surface area contributed by atoms with E-state index >= 15 is 0 Å². The van der Waals surface area contributed by atoms with Crippen LogP contribution < -0.4 is 14.8 Å². The lowest BCUT2D eigenvalue weighted by Crippen LogP contribution is -2.31. The first-order valence-electron chi connectivity index (χ1n) is 9.22. The van der Waals surface area contributed by atoms with Crippen molar-refractivity contribution in [3.63, 3.8) is 0 Å². The number of pyridine rings is 1. The van der Waals surface area contributed by atoms with E-state index in [1.807, 2.05) is 62.4 Å². The number of carbonyl (C=O) groups is 1. The SMILES string of the molecule is COc1c(C)cnc(CNC(=O)C2c3ccccc3Oc3ccccc32)c1C. The smallest absolute Gasteiger partial charge is 0.232 e. The molecule has 5 nitrogen and oxygen atoms in total. The molecule has 2 heterocycles. The molecule has 142 valence electrons. The van der Waals surface area contributed by atoms with Crippen molar-refractivity contribution >= 4 is 5.91 Å². The minimum Gasteiger partial charge on any atom is -0.496 e. The highest BCUT2D eigenvalue weighted by molar-refractivity contribution is 5.89. The number of fused-ring (bicyclic) bond motifs is 2. The number of amides is 1. The number of nitrogens with one attached hydrogen (secondary N) is 1. The third kappa shape index (κ3) is 3.09. The van der Waals surface area contributed by atoms with Crippen molar-refractivity contribution in [2.45, 2.75) is 26.3 Å². The van der Waals surface area contributed by atoms with Crippen molar-refractivity contribution < 1.29 is 14.3 Å². The molecule has 4 rings (SSSR count). The van der Waals surface area contributed by atoms with Crippen LogP contribution >= 0.6 is 0 Å². The summed E-state index contributed by atoms with van der Waals surface area (Å²) >= 11 is 0. The molecule has 1 aromatic heterocycles. The summed E-state index contributed by atoms with van der Waals surface area (Å²) in [5.74, 6) is 1.74. The van der Waals surface area contributed by atoms with Crippen LogP contribution in [0.2, 0.25) is 0 Å². The first kappa shape index (κ1) is 18.0. The van der Waals surface area contributed by atoms with E-state index < -0.39 is 5.92 Å². The van der Waals surface area contributed by atoms with Gasteiger partial charge in [-0.15, -0.1) is 0 Å². The minimum absolute atomic E-state index is 0.0797. The van der Waals surface area contributed by atoms with Gasteiger partial charge in [-0.25, -0.2) is 0 Å². The molecular formula is C23H22N2O3. The van der Waals surface area contributed by atoms with Gasteiger partial charge in [0.05, 0.1) is 25.3 Å². The van der Waals surface area contributed by atoms with E-state index in [2.05, 4.69) is 10.3 Å². The number of para-hydroxylation sites is 2. The zero-order valence-electron chi connectivity index (χ0n) is 16.2. The molecule has 0 fully saturated rings. The van der Waals surface area contributed by atoms with Crippen molar-refractivity contribution in [1.82, 2.24) is 10.3 Å². The molecular weight excluding hydrogens is 352 g/mol. The number of nitrogens with zero attached hydrogens (tertiary/aromatic N) is 1. The highest BCUT2D eigenvalue weighted by Crippen LogP contribution is 2.43. The summed E-state index contributed by atoms with van der Waals surface area (Å²) in [7, 11) is 1.65. The summed E-state index contributed by atoms with van der Waals surface area (Å²) in [6.45, 7) is 4.25. The maximum atomic E-state index is 13.2. The van der Waals surface area contributed by atoms with Gasteiger partial charge in [0.15, 0.2) is 0 Å². The van der Waals surface area contributed by atoms with Crippen LogP contribution in [0.1, 0.15) is 33.9 Å². The largest absolute Gasteiger partial charge is 0.496 e. The lowest BCUT2D eigenvalue weighted by Gasteiger charge is -2.27. The maximum Gasteiger partial charge on any atom is 0.232 e. The van der Waals surface area contributed by atoms with Crippen LogP contribution in [0.3, 0.4) is 0 Å². The number of aryl methyl sites for hydroxylation is 1. The second-order valence-electron chi connectivity index (χ2n) is 6.87. The van der Waals surface area contributed by atoms with E-state index in [0.29, 0.717) is 18.0 Å². The van der Waals surface area contributed by atoms with Gasteiger partial charge in [-0.2, -0.15) is 0 Å². The van der Waals surface area contributed by atoms with Crippen LogP contribution in [-0.2, 0) is 11.3 Å². The van der Waals surface area contributed by atoms with Crippen molar-refractivity contribution in [3.05, 3.63) is 82.7 Å². The van der Waals surface area contributed by atoms with Crippen LogP contribution in [0.5, 0.6) is 17.2 Å². The number of benzene rings is 2. The monoisotopic (exact) mass is 374 g/mol. The second-order valence-corrected chi connectivity index (χ2v) is 6.87. The third-order valence-electron chi connectivity index (χ3n) is 5.12. The maximum absolute atomic E-state index is 13.2. The molecule has 1 amide bonds. The molecule has 1 N–H and O–H groups in total. The lowest BCUT2D eigenvalue weighted by molar-refractivity contribution is -0.122. The van der Waals surface area contributed by atoms with Gasteiger partial charge < -0.3 is 14.8 Å². The third-order valence-corrected chi connectivity index (χ3v) is 5.12. The topological polar surface area (TPSA) is 60.5 Å². The number of ether oxygens (including phenoxy) is 2. The summed E-state index contributed by atoms with van der Waals surface area (Å²) in [6, 6.07) is 15.3. The molecule has 0 bridgehead atoms. The molecule has 2 aromatic carbocycles. The fourth-order valence-electron chi connectivity index (χ4n) is 3.71. The summed E-state index contributed by atoms with van der Waals surface area (Å²) in [6.07, 6.45) is 1.77. The van der Waals surface area contributed by atoms with E-state index in [1.165, 1.54) is 0 Å². The van der Waals surface area contributed by atoms with E-state index in [0.717, 1.165) is 33.7 Å². The van der Waals surface area contributed by atoms with E-state index in [1.54, 1.807) is 13.3 Å². The molecule has 28 heavy (non-hydrogen) atoms. The van der Waals surface area contributed by atoms with Crippen LogP contribution in [-0.4, -0.2) is 18.0 Å². The predicted molar refractivity (Wildman–Crippen MR) is 107 cm³/mol. The number of hydrogen-bond acceptors (Lipinski definition) is 4. The van der Waals surface area contributed by atoms with Crippen LogP contribution in [0.15, 0.2) is 54.7 Å². The average Bonchev–Trinajstić information content (AvgIpc) is 2.71. The Morgan fingerprint density at radius 3 is 2.29 bits per heavy atom. The molecule has 0 saturated heterocycles. The molecule has 0 atom stereocenters. The van der Waals surface area contributed by atoms with Gasteiger partial charge in [0.1, 0.15) is 17.2 Å². The fraction of sp³-hybridized carbons (Fsp3) is 0.217. The lowest BCUT2D eigenvalue weighted by atomic mass is 9.87. The second kappa shape index (κ2) is 7.35. The van der Waals surface area contributed by atoms with Crippen LogP contribution in [0.25, 0.3) is 0 Å². The molecule has 5 heteroatoms. The quantitative estimate of drug-likeness (QED) is 0.741. The van der Waals surface area contributed by atoms with Crippen LogP contribution in [0.4, 0.5) is 0 Å². The molecule has 0 unspecified atom stereocenters. The molecule has 1 aliphatic rings. The van der Waals surface area contributed by atoms with Gasteiger partial charge in [0.25, 0.3) is 0 Å². The number of hydrogen-bond donors (Lipinski definition) is 1. The molecule has 0 radical (unpaired) electrons.